The van der Waals surface area contributed by atoms with Crippen molar-refractivity contribution in [1.29, 1.82) is 5.26 Å². The normalized spacial score (nSPS) is 10.1. The highest BCUT2D eigenvalue weighted by molar-refractivity contribution is 9.10. The summed E-state index contributed by atoms with van der Waals surface area (Å²) in [6, 6.07) is 9.95. The third-order valence-corrected chi connectivity index (χ3v) is 3.98. The first-order valence-corrected chi connectivity index (χ1v) is 7.58. The molecule has 6 heteroatoms. The number of benzene rings is 2. The van der Waals surface area contributed by atoms with Crippen LogP contribution in [0.3, 0.4) is 0 Å². The number of hydrogen-bond donors (Lipinski definition) is 1. The van der Waals surface area contributed by atoms with E-state index in [0.29, 0.717) is 11.3 Å². The van der Waals surface area contributed by atoms with Gasteiger partial charge in [-0.15, -0.1) is 11.8 Å². The van der Waals surface area contributed by atoms with Gasteiger partial charge in [0, 0.05) is 11.0 Å². The molecule has 0 aliphatic rings. The van der Waals surface area contributed by atoms with Crippen molar-refractivity contribution < 1.29 is 9.13 Å². The maximum absolute atomic E-state index is 13.5. The summed E-state index contributed by atoms with van der Waals surface area (Å²) < 4.78 is 19.4. The molecule has 2 rings (SSSR count). The summed E-state index contributed by atoms with van der Waals surface area (Å²) in [7, 11) is 0. The first-order chi connectivity index (χ1) is 9.56. The van der Waals surface area contributed by atoms with Crippen LogP contribution in [-0.2, 0) is 0 Å². The number of ether oxygens (including phenoxy) is 1. The second-order valence-corrected chi connectivity index (χ2v) is 5.55. The topological polar surface area (TPSA) is 59.0 Å². The standard InChI is InChI=1S/C14H10BrFN2OS/c1-20-14-4-2-3-12(8(14)7-17)19-13-6-10(16)9(15)5-11(13)18/h2-6H,18H2,1H3. The summed E-state index contributed by atoms with van der Waals surface area (Å²) in [5.74, 6) is 0.0574. The second-order valence-electron chi connectivity index (χ2n) is 3.85. The van der Waals surface area contributed by atoms with Gasteiger partial charge in [-0.3, -0.25) is 0 Å². The van der Waals surface area contributed by atoms with E-state index in [9.17, 15) is 9.65 Å². The van der Waals surface area contributed by atoms with E-state index in [0.717, 1.165) is 4.90 Å². The average Bonchev–Trinajstić information content (AvgIpc) is 2.44. The molecule has 20 heavy (non-hydrogen) atoms. The Labute approximate surface area is 128 Å². The molecule has 0 saturated heterocycles. The molecule has 2 aromatic carbocycles. The first kappa shape index (κ1) is 14.7. The van der Waals surface area contributed by atoms with E-state index < -0.39 is 5.82 Å². The van der Waals surface area contributed by atoms with Crippen LogP contribution in [0.4, 0.5) is 10.1 Å². The van der Waals surface area contributed by atoms with E-state index in [2.05, 4.69) is 22.0 Å². The summed E-state index contributed by atoms with van der Waals surface area (Å²) >= 11 is 4.49. The zero-order chi connectivity index (χ0) is 14.7. The fraction of sp³-hybridized carbons (Fsp3) is 0.0714. The van der Waals surface area contributed by atoms with Crippen LogP contribution in [0.2, 0.25) is 0 Å². The van der Waals surface area contributed by atoms with Gasteiger partial charge in [0.15, 0.2) is 5.75 Å². The van der Waals surface area contributed by atoms with E-state index in [1.54, 1.807) is 12.1 Å². The minimum Gasteiger partial charge on any atom is -0.454 e. The fourth-order valence-electron chi connectivity index (χ4n) is 1.63. The van der Waals surface area contributed by atoms with Gasteiger partial charge in [0.05, 0.1) is 10.2 Å². The van der Waals surface area contributed by atoms with Crippen molar-refractivity contribution in [2.24, 2.45) is 0 Å². The van der Waals surface area contributed by atoms with Gasteiger partial charge in [0.25, 0.3) is 0 Å². The molecule has 2 aromatic rings. The molecule has 3 nitrogen and oxygen atoms in total. The second kappa shape index (κ2) is 6.16. The smallest absolute Gasteiger partial charge is 0.153 e. The molecule has 0 amide bonds. The van der Waals surface area contributed by atoms with E-state index in [4.69, 9.17) is 10.5 Å². The lowest BCUT2D eigenvalue weighted by Crippen LogP contribution is -1.96. The van der Waals surface area contributed by atoms with Crippen LogP contribution in [0, 0.1) is 17.1 Å². The Hall–Kier alpha value is -1.71. The van der Waals surface area contributed by atoms with Crippen LogP contribution in [0.15, 0.2) is 39.7 Å². The maximum Gasteiger partial charge on any atom is 0.153 e. The zero-order valence-electron chi connectivity index (χ0n) is 10.5. The van der Waals surface area contributed by atoms with Crippen LogP contribution in [-0.4, -0.2) is 6.26 Å². The largest absolute Gasteiger partial charge is 0.454 e. The van der Waals surface area contributed by atoms with Crippen molar-refractivity contribution in [3.63, 3.8) is 0 Å². The highest BCUT2D eigenvalue weighted by Gasteiger charge is 2.13. The lowest BCUT2D eigenvalue weighted by molar-refractivity contribution is 0.475. The SMILES string of the molecule is CSc1cccc(Oc2cc(F)c(Br)cc2N)c1C#N. The lowest BCUT2D eigenvalue weighted by atomic mass is 10.2. The average molecular weight is 353 g/mol. The van der Waals surface area contributed by atoms with E-state index in [1.807, 2.05) is 12.3 Å². The fourth-order valence-corrected chi connectivity index (χ4v) is 2.55. The molecule has 0 aromatic heterocycles. The highest BCUT2D eigenvalue weighted by Crippen LogP contribution is 2.35. The number of rotatable bonds is 3. The Kier molecular flexibility index (Phi) is 4.53. The van der Waals surface area contributed by atoms with E-state index in [-0.39, 0.29) is 15.9 Å². The summed E-state index contributed by atoms with van der Waals surface area (Å²) in [6.07, 6.45) is 1.87. The first-order valence-electron chi connectivity index (χ1n) is 5.56. The van der Waals surface area contributed by atoms with Crippen molar-refractivity contribution in [2.45, 2.75) is 4.90 Å². The molecule has 0 heterocycles. The summed E-state index contributed by atoms with van der Waals surface area (Å²) in [5.41, 5.74) is 6.48. The van der Waals surface area contributed by atoms with Crippen LogP contribution in [0.25, 0.3) is 0 Å². The Morgan fingerprint density at radius 2 is 2.10 bits per heavy atom. The molecular weight excluding hydrogens is 343 g/mol. The molecular formula is C14H10BrFN2OS. The zero-order valence-corrected chi connectivity index (χ0v) is 12.9. The van der Waals surface area contributed by atoms with E-state index in [1.165, 1.54) is 23.9 Å². The number of thioether (sulfide) groups is 1. The van der Waals surface area contributed by atoms with Gasteiger partial charge in [-0.05, 0) is 40.4 Å². The lowest BCUT2D eigenvalue weighted by Gasteiger charge is -2.12. The molecule has 0 bridgehead atoms. The minimum absolute atomic E-state index is 0.181. The number of halogens is 2. The molecule has 0 unspecified atom stereocenters. The molecule has 102 valence electrons. The van der Waals surface area contributed by atoms with Crippen molar-refractivity contribution >= 4 is 33.4 Å². The Balaban J connectivity index is 2.46. The molecule has 0 spiro atoms. The Morgan fingerprint density at radius 3 is 2.75 bits per heavy atom. The molecule has 0 saturated carbocycles. The highest BCUT2D eigenvalue weighted by atomic mass is 79.9. The molecule has 0 aliphatic carbocycles. The summed E-state index contributed by atoms with van der Waals surface area (Å²) in [4.78, 5) is 0.793. The van der Waals surface area contributed by atoms with Crippen molar-refractivity contribution in [3.05, 3.63) is 46.2 Å². The Morgan fingerprint density at radius 1 is 1.35 bits per heavy atom. The monoisotopic (exact) mass is 352 g/mol. The van der Waals surface area contributed by atoms with Gasteiger partial charge in [-0.25, -0.2) is 4.39 Å². The Bertz CT molecular complexity index is 700. The predicted octanol–water partition coefficient (Wildman–Crippen LogP) is 4.56. The molecule has 0 fully saturated rings. The van der Waals surface area contributed by atoms with Crippen LogP contribution < -0.4 is 10.5 Å². The molecule has 0 radical (unpaired) electrons. The summed E-state index contributed by atoms with van der Waals surface area (Å²) in [6.45, 7) is 0. The van der Waals surface area contributed by atoms with Gasteiger partial charge in [-0.1, -0.05) is 6.07 Å². The van der Waals surface area contributed by atoms with Crippen LogP contribution in [0.5, 0.6) is 11.5 Å². The van der Waals surface area contributed by atoms with Gasteiger partial charge >= 0.3 is 0 Å². The number of hydrogen-bond acceptors (Lipinski definition) is 4. The number of nitrogens with zero attached hydrogens (tertiary/aromatic N) is 1. The molecule has 2 N–H and O–H groups in total. The van der Waals surface area contributed by atoms with Gasteiger partial charge in [-0.2, -0.15) is 5.26 Å². The number of anilines is 1. The quantitative estimate of drug-likeness (QED) is 0.649. The van der Waals surface area contributed by atoms with Gasteiger partial charge < -0.3 is 10.5 Å². The third-order valence-electron chi connectivity index (χ3n) is 2.59. The van der Waals surface area contributed by atoms with Gasteiger partial charge in [0.2, 0.25) is 0 Å². The molecule has 0 atom stereocenters. The number of nitriles is 1. The van der Waals surface area contributed by atoms with Crippen LogP contribution >= 0.6 is 27.7 Å². The van der Waals surface area contributed by atoms with Crippen LogP contribution in [0.1, 0.15) is 5.56 Å². The van der Waals surface area contributed by atoms with Gasteiger partial charge in [0.1, 0.15) is 23.2 Å². The third kappa shape index (κ3) is 2.89. The maximum atomic E-state index is 13.5. The predicted molar refractivity (Wildman–Crippen MR) is 81.5 cm³/mol. The minimum atomic E-state index is -0.478. The summed E-state index contributed by atoms with van der Waals surface area (Å²) in [5, 5.41) is 9.22. The van der Waals surface area contributed by atoms with Crippen molar-refractivity contribution in [1.82, 2.24) is 0 Å². The van der Waals surface area contributed by atoms with Crippen molar-refractivity contribution in [2.75, 3.05) is 12.0 Å². The van der Waals surface area contributed by atoms with E-state index >= 15 is 0 Å². The van der Waals surface area contributed by atoms with Crippen molar-refractivity contribution in [3.8, 4) is 17.6 Å². The number of nitrogen functional groups attached to an aromatic ring is 1. The molecule has 0 aliphatic heterocycles. The number of nitrogens with two attached hydrogens (primary N) is 1.